The van der Waals surface area contributed by atoms with Crippen LogP contribution in [0.4, 0.5) is 0 Å². The first-order chi connectivity index (χ1) is 2.00. The molecule has 0 aromatic carbocycles. The predicted molar refractivity (Wildman–Crippen MR) is 15.4 cm³/mol. The molecule has 0 saturated carbocycles. The van der Waals surface area contributed by atoms with Crippen molar-refractivity contribution in [2.45, 2.75) is 0 Å². The SMILES string of the molecule is C=[N-].[C-]#N.[U+2].[U].[U].[U].[U].[U].[U].[U].[U].[U].[U]. The van der Waals surface area contributed by atoms with Crippen LogP contribution in [0, 0.1) is 354 Å². The molecule has 15 heavy (non-hydrogen) atoms. The summed E-state index contributed by atoms with van der Waals surface area (Å²) < 4.78 is 0. The number of hydrogen-bond acceptors (Lipinski definition) is 1. The molecule has 0 spiro atoms. The second-order valence-electron chi connectivity index (χ2n) is 0. The van der Waals surface area contributed by atoms with Gasteiger partial charge in [-0.15, -0.1) is 0 Å². The van der Waals surface area contributed by atoms with E-state index >= 15 is 0 Å². The van der Waals surface area contributed by atoms with Gasteiger partial charge < -0.3 is 17.2 Å². The van der Waals surface area contributed by atoms with Gasteiger partial charge >= 0.3 is 31.1 Å². The summed E-state index contributed by atoms with van der Waals surface area (Å²) in [5.41, 5.74) is 0. The molecule has 2 nitrogen and oxygen atoms in total. The van der Waals surface area contributed by atoms with E-state index < -0.39 is 0 Å². The third-order valence-corrected chi connectivity index (χ3v) is 0. The fourth-order valence-corrected chi connectivity index (χ4v) is 0. The van der Waals surface area contributed by atoms with Crippen LogP contribution in [0.1, 0.15) is 0 Å². The van der Waals surface area contributed by atoms with Gasteiger partial charge in [-0.1, -0.05) is 0 Å². The first-order valence-corrected chi connectivity index (χ1v) is 0.540. The molecule has 0 unspecified atom stereocenters. The van der Waals surface area contributed by atoms with E-state index in [2.05, 4.69) is 6.72 Å². The van der Waals surface area contributed by atoms with E-state index in [1.165, 1.54) is 0 Å². The summed E-state index contributed by atoms with van der Waals surface area (Å²) in [6, 6.07) is 0. The summed E-state index contributed by atoms with van der Waals surface area (Å²) in [5.74, 6) is 0. The van der Waals surface area contributed by atoms with Gasteiger partial charge in [0.15, 0.2) is 0 Å². The zero-order chi connectivity index (χ0) is 4.00. The van der Waals surface area contributed by atoms with Crippen molar-refractivity contribution in [3.63, 3.8) is 0 Å². The van der Waals surface area contributed by atoms with E-state index in [1.54, 1.807) is 0 Å². The molecule has 0 aromatic rings. The van der Waals surface area contributed by atoms with E-state index in [-0.39, 0.29) is 342 Å². The van der Waals surface area contributed by atoms with Crippen LogP contribution in [0.2, 0.25) is 0 Å². The fourth-order valence-electron chi connectivity index (χ4n) is 0. The number of hydrogen-bond donors (Lipinski definition) is 0. The maximum atomic E-state index is 6.75. The Morgan fingerprint density at radius 1 is 0.533 bits per heavy atom. The third kappa shape index (κ3) is 111. The Labute approximate surface area is 354 Å². The molecule has 0 radical (unpaired) electrons. The normalized spacial score (nSPS) is 0.400. The Morgan fingerprint density at radius 3 is 0.533 bits per heavy atom. The van der Waals surface area contributed by atoms with Gasteiger partial charge in [0.05, 0.1) is 0 Å². The Balaban J connectivity index is -0.000000000280. The molecular weight excluding hydrogens is 2670 g/mol. The van der Waals surface area contributed by atoms with Gasteiger partial charge in [0.25, 0.3) is 0 Å². The molecule has 0 rings (SSSR count). The first kappa shape index (κ1) is 97.1. The molecule has 64 valence electrons. The van der Waals surface area contributed by atoms with Crippen LogP contribution >= 0.6 is 0 Å². The second kappa shape index (κ2) is 121. The van der Waals surface area contributed by atoms with Crippen LogP contribution in [-0.2, 0) is 0 Å². The van der Waals surface area contributed by atoms with Crippen molar-refractivity contribution in [3.05, 3.63) is 12.0 Å². The van der Waals surface area contributed by atoms with Gasteiger partial charge in [0, 0.05) is 311 Å². The number of nitrogens with zero attached hydrogens (tertiary/aromatic N) is 2. The minimum atomic E-state index is 0. The summed E-state index contributed by atoms with van der Waals surface area (Å²) in [6.45, 7) is 7.00. The standard InChI is InChI=1S/CH2N.CN.11U/c2*1-2;;;;;;;;;;;/h1H2;;;;;;;;;;;;/q2*-1;;;;;;;;;;;+2. The van der Waals surface area contributed by atoms with E-state index in [4.69, 9.17) is 17.2 Å². The Kier molecular flexibility index (Phi) is 783. The Bertz CT molecular complexity index is 27.8. The van der Waals surface area contributed by atoms with Crippen LogP contribution in [0.3, 0.4) is 0 Å². The predicted octanol–water partition coefficient (Wildman–Crippen LogP) is 0.353. The van der Waals surface area contributed by atoms with E-state index in [0.717, 1.165) is 0 Å². The van der Waals surface area contributed by atoms with Crippen molar-refractivity contribution in [1.82, 2.24) is 0 Å². The van der Waals surface area contributed by atoms with Gasteiger partial charge in [0.2, 0.25) is 0 Å². The molecular formula is C2H2N2U11. The van der Waals surface area contributed by atoms with Gasteiger partial charge in [-0.3, -0.25) is 0 Å². The average Bonchev–Trinajstić information content (AvgIpc) is 1.50. The molecule has 0 N–H and O–H groups in total. The maximum absolute atomic E-state index is 6.75. The summed E-state index contributed by atoms with van der Waals surface area (Å²) >= 11 is 0. The molecule has 0 aliphatic heterocycles. The largest absolute Gasteiger partial charge is 2.00 e. The second-order valence-corrected chi connectivity index (χ2v) is 0. The molecule has 0 aromatic heterocycles. The summed E-state index contributed by atoms with van der Waals surface area (Å²) in [5, 5.41) is 13.0. The summed E-state index contributed by atoms with van der Waals surface area (Å²) in [6.07, 6.45) is 0. The maximum Gasteiger partial charge on any atom is 2.00 e. The van der Waals surface area contributed by atoms with Crippen LogP contribution in [0.15, 0.2) is 0 Å². The van der Waals surface area contributed by atoms with Crippen LogP contribution in [-0.4, -0.2) is 6.72 Å². The zero-order valence-corrected chi connectivity index (χ0v) is 53.4. The minimum Gasteiger partial charge on any atom is -0.817 e. The van der Waals surface area contributed by atoms with Crippen molar-refractivity contribution >= 4 is 6.72 Å². The number of rotatable bonds is 0. The molecule has 0 bridgehead atoms. The molecule has 0 saturated heterocycles. The van der Waals surface area contributed by atoms with Gasteiger partial charge in [0.1, 0.15) is 0 Å². The smallest absolute Gasteiger partial charge is 0.817 e. The van der Waals surface area contributed by atoms with Crippen LogP contribution in [0.5, 0.6) is 0 Å². The van der Waals surface area contributed by atoms with Crippen molar-refractivity contribution < 1.29 is 342 Å². The van der Waals surface area contributed by atoms with Crippen molar-refractivity contribution in [3.8, 4) is 0 Å². The average molecular weight is 2670 g/mol. The van der Waals surface area contributed by atoms with E-state index in [0.29, 0.717) is 0 Å². The molecule has 0 heterocycles. The monoisotopic (exact) mass is 2670 g/mol. The van der Waals surface area contributed by atoms with Gasteiger partial charge in [-0.25, -0.2) is 6.72 Å². The van der Waals surface area contributed by atoms with Crippen molar-refractivity contribution in [1.29, 1.82) is 5.26 Å². The molecule has 0 fully saturated rings. The fraction of sp³-hybridized carbons (Fsp3) is 0. The zero-order valence-electron chi connectivity index (χ0n) is 7.60. The van der Waals surface area contributed by atoms with Gasteiger partial charge in [-0.05, 0) is 0 Å². The van der Waals surface area contributed by atoms with Gasteiger partial charge in [-0.2, -0.15) is 0 Å². The quantitative estimate of drug-likeness (QED) is 0.256. The summed E-state index contributed by atoms with van der Waals surface area (Å²) in [7, 11) is 0. The topological polar surface area (TPSA) is 46.1 Å². The van der Waals surface area contributed by atoms with Crippen LogP contribution in [0.25, 0.3) is 5.41 Å². The van der Waals surface area contributed by atoms with Crippen LogP contribution < -0.4 is 0 Å². The molecule has 0 aliphatic rings. The van der Waals surface area contributed by atoms with E-state index in [1.807, 2.05) is 0 Å². The molecule has 0 aliphatic carbocycles. The molecule has 13 heteroatoms. The Morgan fingerprint density at radius 2 is 0.533 bits per heavy atom. The molecule has 0 amide bonds. The minimum absolute atomic E-state index is 0. The van der Waals surface area contributed by atoms with E-state index in [9.17, 15) is 0 Å². The first-order valence-electron chi connectivity index (χ1n) is 0.540. The molecule has 0 atom stereocenters. The Hall–Kier alpha value is 10.7. The third-order valence-electron chi connectivity index (χ3n) is 0. The summed E-state index contributed by atoms with van der Waals surface area (Å²) in [4.78, 5) is 0. The van der Waals surface area contributed by atoms with Crippen molar-refractivity contribution in [2.75, 3.05) is 0 Å². The van der Waals surface area contributed by atoms with Crippen molar-refractivity contribution in [2.24, 2.45) is 0 Å².